The van der Waals surface area contributed by atoms with E-state index in [0.717, 1.165) is 26.5 Å². The normalized spacial score (nSPS) is 11.6. The molecule has 108 valence electrons. The van der Waals surface area contributed by atoms with Crippen molar-refractivity contribution in [1.29, 1.82) is 0 Å². The molecule has 0 aliphatic heterocycles. The summed E-state index contributed by atoms with van der Waals surface area (Å²) in [7, 11) is -2.34. The third-order valence-electron chi connectivity index (χ3n) is 2.73. The Balaban J connectivity index is 2.44. The maximum absolute atomic E-state index is 12.2. The first kappa shape index (κ1) is 15.0. The van der Waals surface area contributed by atoms with Crippen LogP contribution >= 0.6 is 22.9 Å². The standard InChI is InChI=1S/C11H12ClN3O3S2/c1-6-4-9(19-7(6)2)20(17,18)14-8-5-13-15(3)11(16)10(8)12/h4-5,14H,1-3H3. The molecule has 2 rings (SSSR count). The quantitative estimate of drug-likeness (QED) is 0.930. The second-order valence-electron chi connectivity index (χ2n) is 4.21. The molecule has 0 saturated carbocycles. The first-order valence-corrected chi connectivity index (χ1v) is 8.22. The van der Waals surface area contributed by atoms with Gasteiger partial charge in [0.1, 0.15) is 9.23 Å². The van der Waals surface area contributed by atoms with Gasteiger partial charge in [0.15, 0.2) is 0 Å². The molecule has 0 aromatic carbocycles. The van der Waals surface area contributed by atoms with Crippen molar-refractivity contribution in [1.82, 2.24) is 9.78 Å². The molecule has 1 N–H and O–H groups in total. The fourth-order valence-electron chi connectivity index (χ4n) is 1.45. The predicted molar refractivity (Wildman–Crippen MR) is 79.1 cm³/mol. The molecule has 0 bridgehead atoms. The lowest BCUT2D eigenvalue weighted by molar-refractivity contribution is 0.603. The number of halogens is 1. The van der Waals surface area contributed by atoms with Crippen LogP contribution in [0.1, 0.15) is 10.4 Å². The summed E-state index contributed by atoms with van der Waals surface area (Å²) >= 11 is 6.99. The van der Waals surface area contributed by atoms with E-state index < -0.39 is 15.6 Å². The summed E-state index contributed by atoms with van der Waals surface area (Å²) in [6.07, 6.45) is 1.20. The topological polar surface area (TPSA) is 81.1 Å². The maximum Gasteiger partial charge on any atom is 0.287 e. The average molecular weight is 334 g/mol. The number of aromatic nitrogens is 2. The molecule has 0 saturated heterocycles. The van der Waals surface area contributed by atoms with Gasteiger partial charge in [-0.2, -0.15) is 5.10 Å². The number of nitrogens with zero attached hydrogens (tertiary/aromatic N) is 2. The number of anilines is 1. The van der Waals surface area contributed by atoms with Crippen LogP contribution in [0.15, 0.2) is 21.3 Å². The van der Waals surface area contributed by atoms with Crippen LogP contribution in [0.3, 0.4) is 0 Å². The fourth-order valence-corrected chi connectivity index (χ4v) is 4.30. The highest BCUT2D eigenvalue weighted by Gasteiger charge is 2.20. The second kappa shape index (κ2) is 5.19. The molecule has 0 aliphatic rings. The molecule has 0 radical (unpaired) electrons. The zero-order valence-electron chi connectivity index (χ0n) is 11.0. The Morgan fingerprint density at radius 2 is 2.05 bits per heavy atom. The molecule has 2 aromatic heterocycles. The van der Waals surface area contributed by atoms with Crippen LogP contribution in [-0.2, 0) is 17.1 Å². The van der Waals surface area contributed by atoms with Gasteiger partial charge in [0.05, 0.1) is 11.9 Å². The molecule has 9 heteroatoms. The SMILES string of the molecule is Cc1cc(S(=O)(=O)Nc2cnn(C)c(=O)c2Cl)sc1C. The van der Waals surface area contributed by atoms with Gasteiger partial charge in [-0.15, -0.1) is 11.3 Å². The van der Waals surface area contributed by atoms with E-state index in [4.69, 9.17) is 11.6 Å². The van der Waals surface area contributed by atoms with Crippen LogP contribution in [0.2, 0.25) is 5.02 Å². The van der Waals surface area contributed by atoms with Crippen LogP contribution in [0.4, 0.5) is 5.69 Å². The van der Waals surface area contributed by atoms with Crippen LogP contribution in [0.5, 0.6) is 0 Å². The van der Waals surface area contributed by atoms with Gasteiger partial charge in [-0.1, -0.05) is 11.6 Å². The summed E-state index contributed by atoms with van der Waals surface area (Å²) in [5.74, 6) is 0. The van der Waals surface area contributed by atoms with Crippen LogP contribution in [0.25, 0.3) is 0 Å². The highest BCUT2D eigenvalue weighted by molar-refractivity contribution is 7.94. The minimum Gasteiger partial charge on any atom is -0.276 e. The van der Waals surface area contributed by atoms with Gasteiger partial charge in [0.2, 0.25) is 0 Å². The third kappa shape index (κ3) is 2.72. The van der Waals surface area contributed by atoms with Crippen LogP contribution in [-0.4, -0.2) is 18.2 Å². The van der Waals surface area contributed by atoms with E-state index in [1.807, 2.05) is 13.8 Å². The average Bonchev–Trinajstić information content (AvgIpc) is 2.71. The number of thiophene rings is 1. The Morgan fingerprint density at radius 3 is 2.60 bits per heavy atom. The van der Waals surface area contributed by atoms with Gasteiger partial charge < -0.3 is 0 Å². The molecular weight excluding hydrogens is 322 g/mol. The van der Waals surface area contributed by atoms with Gasteiger partial charge in [-0.05, 0) is 25.5 Å². The molecule has 0 spiro atoms. The van der Waals surface area contributed by atoms with Crippen molar-refractivity contribution < 1.29 is 8.42 Å². The van der Waals surface area contributed by atoms with Crippen molar-refractivity contribution in [2.24, 2.45) is 7.05 Å². The first-order chi connectivity index (χ1) is 9.22. The van der Waals surface area contributed by atoms with Gasteiger partial charge in [0, 0.05) is 11.9 Å². The van der Waals surface area contributed by atoms with Crippen molar-refractivity contribution in [3.05, 3.63) is 38.1 Å². The fraction of sp³-hybridized carbons (Fsp3) is 0.273. The molecule has 0 aliphatic carbocycles. The van der Waals surface area contributed by atoms with Crippen molar-refractivity contribution in [2.75, 3.05) is 4.72 Å². The minimum atomic E-state index is -3.77. The lowest BCUT2D eigenvalue weighted by Crippen LogP contribution is -2.22. The highest BCUT2D eigenvalue weighted by Crippen LogP contribution is 2.27. The summed E-state index contributed by atoms with van der Waals surface area (Å²) in [6.45, 7) is 3.67. The van der Waals surface area contributed by atoms with E-state index in [0.29, 0.717) is 0 Å². The summed E-state index contributed by atoms with van der Waals surface area (Å²) in [5.41, 5.74) is 0.299. The largest absolute Gasteiger partial charge is 0.287 e. The molecular formula is C11H12ClN3O3S2. The molecule has 6 nitrogen and oxygen atoms in total. The highest BCUT2D eigenvalue weighted by atomic mass is 35.5. The monoisotopic (exact) mass is 333 g/mol. The zero-order valence-corrected chi connectivity index (χ0v) is 13.4. The summed E-state index contributed by atoms with van der Waals surface area (Å²) in [4.78, 5) is 12.5. The number of hydrogen-bond donors (Lipinski definition) is 1. The smallest absolute Gasteiger partial charge is 0.276 e. The Bertz CT molecular complexity index is 804. The number of rotatable bonds is 3. The summed E-state index contributed by atoms with van der Waals surface area (Å²) < 4.78 is 27.9. The lowest BCUT2D eigenvalue weighted by Gasteiger charge is -2.07. The second-order valence-corrected chi connectivity index (χ2v) is 7.75. The summed E-state index contributed by atoms with van der Waals surface area (Å²) in [6, 6.07) is 1.57. The van der Waals surface area contributed by atoms with Gasteiger partial charge in [-0.25, -0.2) is 13.1 Å². The van der Waals surface area contributed by atoms with Crippen molar-refractivity contribution >= 4 is 38.6 Å². The zero-order chi connectivity index (χ0) is 15.1. The van der Waals surface area contributed by atoms with Crippen molar-refractivity contribution in [3.8, 4) is 0 Å². The molecule has 0 atom stereocenters. The molecule has 0 fully saturated rings. The Kier molecular flexibility index (Phi) is 3.90. The van der Waals surface area contributed by atoms with E-state index >= 15 is 0 Å². The number of sulfonamides is 1. The van der Waals surface area contributed by atoms with Crippen LogP contribution < -0.4 is 10.3 Å². The first-order valence-electron chi connectivity index (χ1n) is 5.54. The van der Waals surface area contributed by atoms with E-state index in [2.05, 4.69) is 9.82 Å². The molecule has 0 unspecified atom stereocenters. The van der Waals surface area contributed by atoms with Gasteiger partial charge >= 0.3 is 0 Å². The Labute approximate surface area is 125 Å². The van der Waals surface area contributed by atoms with Gasteiger partial charge in [-0.3, -0.25) is 9.52 Å². The maximum atomic E-state index is 12.2. The van der Waals surface area contributed by atoms with Crippen molar-refractivity contribution in [3.63, 3.8) is 0 Å². The minimum absolute atomic E-state index is 0.0292. The molecule has 20 heavy (non-hydrogen) atoms. The number of hydrogen-bond acceptors (Lipinski definition) is 5. The third-order valence-corrected chi connectivity index (χ3v) is 6.09. The van der Waals surface area contributed by atoms with Crippen molar-refractivity contribution in [2.45, 2.75) is 18.1 Å². The number of aryl methyl sites for hydroxylation is 3. The summed E-state index contributed by atoms with van der Waals surface area (Å²) in [5, 5.41) is 3.52. The molecule has 2 heterocycles. The van der Waals surface area contributed by atoms with E-state index in [9.17, 15) is 13.2 Å². The van der Waals surface area contributed by atoms with E-state index in [-0.39, 0.29) is 14.9 Å². The van der Waals surface area contributed by atoms with E-state index in [1.165, 1.54) is 13.2 Å². The van der Waals surface area contributed by atoms with E-state index in [1.54, 1.807) is 6.07 Å². The predicted octanol–water partition coefficient (Wildman–Crippen LogP) is 1.91. The van der Waals surface area contributed by atoms with Gasteiger partial charge in [0.25, 0.3) is 15.6 Å². The Hall–Kier alpha value is -1.38. The Morgan fingerprint density at radius 1 is 1.40 bits per heavy atom. The number of nitrogens with one attached hydrogen (secondary N) is 1. The van der Waals surface area contributed by atoms with Crippen LogP contribution in [0, 0.1) is 13.8 Å². The lowest BCUT2D eigenvalue weighted by atomic mass is 10.3. The molecule has 0 amide bonds. The molecule has 2 aromatic rings.